The number of nitrogens with one attached hydrogen (secondary N) is 1. The van der Waals surface area contributed by atoms with E-state index < -0.39 is 11.2 Å². The van der Waals surface area contributed by atoms with Gasteiger partial charge in [-0.05, 0) is 18.6 Å². The summed E-state index contributed by atoms with van der Waals surface area (Å²) >= 11 is -1.43. The van der Waals surface area contributed by atoms with Crippen molar-refractivity contribution >= 4 is 22.7 Å². The summed E-state index contributed by atoms with van der Waals surface area (Å²) in [4.78, 5) is 0. The van der Waals surface area contributed by atoms with E-state index in [4.69, 9.17) is 5.73 Å². The summed E-state index contributed by atoms with van der Waals surface area (Å²) in [6, 6.07) is 5.68. The molecule has 4 nitrogen and oxygen atoms in total. The van der Waals surface area contributed by atoms with Gasteiger partial charge in [0.15, 0.2) is 0 Å². The molecule has 1 unspecified atom stereocenters. The van der Waals surface area contributed by atoms with E-state index in [1.54, 1.807) is 0 Å². The smallest absolute Gasteiger partial charge is 0.245 e. The van der Waals surface area contributed by atoms with Gasteiger partial charge in [-0.2, -0.15) is 4.40 Å². The van der Waals surface area contributed by atoms with E-state index in [2.05, 4.69) is 9.12 Å². The molecule has 0 aliphatic carbocycles. The fraction of sp³-hybridized carbons (Fsp3) is 0.125. The molecule has 0 saturated heterocycles. The molecule has 0 fully saturated rings. The third-order valence-electron chi connectivity index (χ3n) is 1.92. The number of aryl methyl sites for hydroxylation is 1. The average molecular weight is 195 g/mol. The van der Waals surface area contributed by atoms with Crippen LogP contribution in [0.4, 0.5) is 5.69 Å². The SMILES string of the molecule is Cc1cccc2c1NS(=O)N=C2N. The normalized spacial score (nSPS) is 20.1. The van der Waals surface area contributed by atoms with Gasteiger partial charge in [0.1, 0.15) is 5.84 Å². The van der Waals surface area contributed by atoms with Crippen LogP contribution in [0.15, 0.2) is 22.6 Å². The van der Waals surface area contributed by atoms with Crippen molar-refractivity contribution in [3.05, 3.63) is 29.3 Å². The van der Waals surface area contributed by atoms with E-state index in [0.717, 1.165) is 16.8 Å². The second-order valence-corrected chi connectivity index (χ2v) is 3.71. The van der Waals surface area contributed by atoms with Crippen molar-refractivity contribution in [1.82, 2.24) is 0 Å². The minimum atomic E-state index is -1.43. The molecule has 0 radical (unpaired) electrons. The molecule has 13 heavy (non-hydrogen) atoms. The Morgan fingerprint density at radius 1 is 1.54 bits per heavy atom. The van der Waals surface area contributed by atoms with Gasteiger partial charge < -0.3 is 5.73 Å². The maximum atomic E-state index is 11.1. The topological polar surface area (TPSA) is 67.5 Å². The van der Waals surface area contributed by atoms with Crippen LogP contribution in [0.25, 0.3) is 0 Å². The van der Waals surface area contributed by atoms with Gasteiger partial charge in [-0.15, -0.1) is 0 Å². The summed E-state index contributed by atoms with van der Waals surface area (Å²) < 4.78 is 17.6. The number of hydrogen-bond acceptors (Lipinski definition) is 2. The van der Waals surface area contributed by atoms with Crippen LogP contribution in [0, 0.1) is 6.92 Å². The Labute approximate surface area is 78.6 Å². The Balaban J connectivity index is 2.66. The van der Waals surface area contributed by atoms with E-state index in [1.165, 1.54) is 0 Å². The van der Waals surface area contributed by atoms with Gasteiger partial charge in [0.25, 0.3) is 0 Å². The van der Waals surface area contributed by atoms with Gasteiger partial charge in [0, 0.05) is 5.56 Å². The molecule has 5 heteroatoms. The molecule has 0 spiro atoms. The van der Waals surface area contributed by atoms with Gasteiger partial charge in [-0.1, -0.05) is 12.1 Å². The fourth-order valence-corrected chi connectivity index (χ4v) is 2.03. The number of anilines is 1. The molecule has 1 atom stereocenters. The van der Waals surface area contributed by atoms with E-state index in [1.807, 2.05) is 25.1 Å². The Morgan fingerprint density at radius 3 is 3.08 bits per heavy atom. The van der Waals surface area contributed by atoms with Gasteiger partial charge in [0.2, 0.25) is 11.2 Å². The van der Waals surface area contributed by atoms with Crippen molar-refractivity contribution in [2.75, 3.05) is 4.72 Å². The first kappa shape index (κ1) is 8.25. The number of fused-ring (bicyclic) bond motifs is 1. The van der Waals surface area contributed by atoms with E-state index >= 15 is 0 Å². The number of amidine groups is 1. The van der Waals surface area contributed by atoms with E-state index in [0.29, 0.717) is 5.84 Å². The predicted molar refractivity (Wildman–Crippen MR) is 53.7 cm³/mol. The molecule has 0 saturated carbocycles. The van der Waals surface area contributed by atoms with Crippen LogP contribution in [0.5, 0.6) is 0 Å². The zero-order chi connectivity index (χ0) is 9.42. The monoisotopic (exact) mass is 195 g/mol. The van der Waals surface area contributed by atoms with Crippen LogP contribution in [0.1, 0.15) is 11.1 Å². The van der Waals surface area contributed by atoms with Crippen molar-refractivity contribution < 1.29 is 4.21 Å². The highest BCUT2D eigenvalue weighted by molar-refractivity contribution is 7.85. The first-order valence-electron chi connectivity index (χ1n) is 3.81. The molecule has 0 amide bonds. The number of nitrogens with zero attached hydrogens (tertiary/aromatic N) is 1. The summed E-state index contributed by atoms with van der Waals surface area (Å²) in [7, 11) is 0. The minimum Gasteiger partial charge on any atom is -0.382 e. The van der Waals surface area contributed by atoms with Crippen LogP contribution in [0.2, 0.25) is 0 Å². The first-order chi connectivity index (χ1) is 6.18. The third-order valence-corrected chi connectivity index (χ3v) is 2.66. The second kappa shape index (κ2) is 2.85. The summed E-state index contributed by atoms with van der Waals surface area (Å²) in [5, 5.41) is 0. The highest BCUT2D eigenvalue weighted by Crippen LogP contribution is 2.23. The molecule has 1 aromatic carbocycles. The lowest BCUT2D eigenvalue weighted by Crippen LogP contribution is -2.23. The largest absolute Gasteiger partial charge is 0.382 e. The van der Waals surface area contributed by atoms with E-state index in [-0.39, 0.29) is 0 Å². The number of para-hydroxylation sites is 1. The zero-order valence-corrected chi connectivity index (χ0v) is 7.89. The molecule has 0 aromatic heterocycles. The number of hydrogen-bond donors (Lipinski definition) is 2. The molecular weight excluding hydrogens is 186 g/mol. The standard InChI is InChI=1S/C8H9N3OS/c1-5-3-2-4-6-7(5)10-13(12)11-8(6)9/h2-4,10H,1H3,(H2,9,11). The maximum Gasteiger partial charge on any atom is 0.245 e. The average Bonchev–Trinajstić information content (AvgIpc) is 2.07. The Bertz CT molecular complexity index is 414. The van der Waals surface area contributed by atoms with Crippen molar-refractivity contribution in [3.8, 4) is 0 Å². The summed E-state index contributed by atoms with van der Waals surface area (Å²) in [5.41, 5.74) is 8.27. The lowest BCUT2D eigenvalue weighted by molar-refractivity contribution is 0.687. The van der Waals surface area contributed by atoms with Crippen LogP contribution in [-0.2, 0) is 11.2 Å². The number of nitrogens with two attached hydrogens (primary N) is 1. The Hall–Kier alpha value is -1.36. The van der Waals surface area contributed by atoms with Crippen molar-refractivity contribution in [1.29, 1.82) is 0 Å². The highest BCUT2D eigenvalue weighted by atomic mass is 32.2. The van der Waals surface area contributed by atoms with Crippen molar-refractivity contribution in [2.24, 2.45) is 10.1 Å². The molecule has 1 aliphatic rings. The molecule has 3 N–H and O–H groups in total. The van der Waals surface area contributed by atoms with Gasteiger partial charge in [-0.25, -0.2) is 4.21 Å². The molecule has 1 aliphatic heterocycles. The first-order valence-corrected chi connectivity index (χ1v) is 4.92. The zero-order valence-electron chi connectivity index (χ0n) is 7.07. The fourth-order valence-electron chi connectivity index (χ4n) is 1.27. The summed E-state index contributed by atoms with van der Waals surface area (Å²) in [5.74, 6) is 0.329. The lowest BCUT2D eigenvalue weighted by atomic mass is 10.1. The quantitative estimate of drug-likeness (QED) is 0.640. The molecule has 1 heterocycles. The molecule has 1 aromatic rings. The van der Waals surface area contributed by atoms with Crippen LogP contribution in [-0.4, -0.2) is 10.0 Å². The lowest BCUT2D eigenvalue weighted by Gasteiger charge is -2.16. The maximum absolute atomic E-state index is 11.1. The highest BCUT2D eigenvalue weighted by Gasteiger charge is 2.16. The van der Waals surface area contributed by atoms with Crippen molar-refractivity contribution in [3.63, 3.8) is 0 Å². The second-order valence-electron chi connectivity index (χ2n) is 2.83. The summed E-state index contributed by atoms with van der Waals surface area (Å²) in [6.07, 6.45) is 0. The Kier molecular flexibility index (Phi) is 1.81. The van der Waals surface area contributed by atoms with Gasteiger partial charge in [0.05, 0.1) is 5.69 Å². The Morgan fingerprint density at radius 2 is 2.31 bits per heavy atom. The minimum absolute atomic E-state index is 0.329. The van der Waals surface area contributed by atoms with Crippen LogP contribution < -0.4 is 10.5 Å². The van der Waals surface area contributed by atoms with Gasteiger partial charge >= 0.3 is 0 Å². The van der Waals surface area contributed by atoms with Crippen LogP contribution >= 0.6 is 0 Å². The summed E-state index contributed by atoms with van der Waals surface area (Å²) in [6.45, 7) is 1.93. The van der Waals surface area contributed by atoms with Crippen molar-refractivity contribution in [2.45, 2.75) is 6.92 Å². The van der Waals surface area contributed by atoms with E-state index in [9.17, 15) is 4.21 Å². The molecular formula is C8H9N3OS. The number of benzene rings is 1. The molecule has 68 valence electrons. The molecule has 0 bridgehead atoms. The van der Waals surface area contributed by atoms with Crippen LogP contribution in [0.3, 0.4) is 0 Å². The van der Waals surface area contributed by atoms with Gasteiger partial charge in [-0.3, -0.25) is 4.72 Å². The predicted octanol–water partition coefficient (Wildman–Crippen LogP) is 0.705. The molecule has 2 rings (SSSR count). The third kappa shape index (κ3) is 1.31. The number of rotatable bonds is 0.